The molecule has 0 atom stereocenters. The highest BCUT2D eigenvalue weighted by atomic mass is 16.3. The Hall–Kier alpha value is -0.570. The fourth-order valence-corrected chi connectivity index (χ4v) is 0. The maximum absolute atomic E-state index is 10.1. The number of rotatable bonds is 0. The summed E-state index contributed by atoms with van der Waals surface area (Å²) in [6, 6.07) is 0. The molecule has 0 fully saturated rings. The Morgan fingerprint density at radius 3 is 1.27 bits per heavy atom. The van der Waals surface area contributed by atoms with Crippen molar-refractivity contribution in [3.63, 3.8) is 0 Å². The molecule has 0 unspecified atom stereocenters. The van der Waals surface area contributed by atoms with E-state index in [1.54, 1.807) is 20.8 Å². The van der Waals surface area contributed by atoms with Crippen LogP contribution in [0.3, 0.4) is 0 Å². The van der Waals surface area contributed by atoms with E-state index in [4.69, 9.17) is 5.41 Å². The minimum Gasteiger partial charge on any atom is -0.862 e. The highest BCUT2D eigenvalue weighted by molar-refractivity contribution is 5.73. The molecule has 0 aromatic heterocycles. The summed E-state index contributed by atoms with van der Waals surface area (Å²) < 4.78 is 0. The lowest BCUT2D eigenvalue weighted by atomic mass is 9.97. The van der Waals surface area contributed by atoms with Crippen molar-refractivity contribution in [2.45, 2.75) is 20.8 Å². The number of hydrogen-bond donors (Lipinski definition) is 2. The summed E-state index contributed by atoms with van der Waals surface area (Å²) in [5.74, 6) is -0.507. The molecule has 3 nitrogen and oxygen atoms in total. The van der Waals surface area contributed by atoms with Crippen molar-refractivity contribution < 1.29 is 10.0 Å². The first-order valence-corrected chi connectivity index (χ1v) is 3.70. The lowest BCUT2D eigenvalue weighted by Crippen LogP contribution is -3.02. The quantitative estimate of drug-likeness (QED) is 0.351. The maximum atomic E-state index is 10.1. The zero-order chi connectivity index (χ0) is 9.65. The van der Waals surface area contributed by atoms with Gasteiger partial charge in [-0.1, -0.05) is 20.8 Å². The molecule has 0 saturated carbocycles. The zero-order valence-electron chi connectivity index (χ0n) is 8.41. The summed E-state index contributed by atoms with van der Waals surface area (Å²) in [5.41, 5.74) is -0.472. The molecule has 0 heterocycles. The van der Waals surface area contributed by atoms with Crippen molar-refractivity contribution >= 4 is 5.90 Å². The zero-order valence-corrected chi connectivity index (χ0v) is 8.41. The normalized spacial score (nSPS) is 10.5. The van der Waals surface area contributed by atoms with Crippen LogP contribution >= 0.6 is 0 Å². The second kappa shape index (κ2) is 5.13. The van der Waals surface area contributed by atoms with Crippen LogP contribution < -0.4 is 10.0 Å². The highest BCUT2D eigenvalue weighted by Gasteiger charge is 2.06. The van der Waals surface area contributed by atoms with Gasteiger partial charge in [-0.3, -0.25) is 0 Å². The maximum Gasteiger partial charge on any atom is 0.0661 e. The van der Waals surface area contributed by atoms with E-state index in [1.165, 1.54) is 4.90 Å². The molecule has 0 radical (unpaired) electrons. The van der Waals surface area contributed by atoms with E-state index in [1.807, 2.05) is 0 Å². The molecule has 11 heavy (non-hydrogen) atoms. The van der Waals surface area contributed by atoms with E-state index in [2.05, 4.69) is 21.1 Å². The first-order valence-electron chi connectivity index (χ1n) is 3.70. The Bertz CT molecular complexity index is 111. The van der Waals surface area contributed by atoms with Gasteiger partial charge in [0.2, 0.25) is 0 Å². The largest absolute Gasteiger partial charge is 0.862 e. The third-order valence-corrected chi connectivity index (χ3v) is 0.681. The van der Waals surface area contributed by atoms with Gasteiger partial charge in [-0.25, -0.2) is 0 Å². The van der Waals surface area contributed by atoms with Crippen molar-refractivity contribution in [3.05, 3.63) is 0 Å². The lowest BCUT2D eigenvalue weighted by Gasteiger charge is -2.23. The minimum absolute atomic E-state index is 0.472. The number of hydrogen-bond acceptors (Lipinski definition) is 2. The molecular formula is C8H20N2O. The molecule has 0 bridgehead atoms. The summed E-state index contributed by atoms with van der Waals surface area (Å²) >= 11 is 0. The summed E-state index contributed by atoms with van der Waals surface area (Å²) in [5, 5.41) is 16.7. The molecule has 0 aliphatic heterocycles. The van der Waals surface area contributed by atoms with Gasteiger partial charge in [0.25, 0.3) is 0 Å². The molecule has 0 amide bonds. The van der Waals surface area contributed by atoms with E-state index in [-0.39, 0.29) is 0 Å². The van der Waals surface area contributed by atoms with Gasteiger partial charge in [0.1, 0.15) is 0 Å². The molecule has 2 N–H and O–H groups in total. The summed E-state index contributed by atoms with van der Waals surface area (Å²) in [6.07, 6.45) is 0. The van der Waals surface area contributed by atoms with E-state index >= 15 is 0 Å². The van der Waals surface area contributed by atoms with E-state index in [9.17, 15) is 5.11 Å². The van der Waals surface area contributed by atoms with Crippen LogP contribution in [0.1, 0.15) is 20.8 Å². The minimum atomic E-state index is -0.507. The summed E-state index contributed by atoms with van der Waals surface area (Å²) in [7, 11) is 6.25. The van der Waals surface area contributed by atoms with Gasteiger partial charge in [0.15, 0.2) is 0 Å². The first kappa shape index (κ1) is 13.1. The van der Waals surface area contributed by atoms with Crippen LogP contribution in [0.15, 0.2) is 0 Å². The van der Waals surface area contributed by atoms with Crippen LogP contribution in [0.25, 0.3) is 0 Å². The average molecular weight is 160 g/mol. The van der Waals surface area contributed by atoms with Gasteiger partial charge in [0, 0.05) is 0 Å². The Labute approximate surface area is 69.5 Å². The molecule has 0 aromatic rings. The van der Waals surface area contributed by atoms with Crippen LogP contribution in [-0.2, 0) is 0 Å². The average Bonchev–Trinajstić information content (AvgIpc) is 1.59. The van der Waals surface area contributed by atoms with Crippen molar-refractivity contribution in [2.24, 2.45) is 5.41 Å². The Morgan fingerprint density at radius 2 is 1.27 bits per heavy atom. The fourth-order valence-electron chi connectivity index (χ4n) is 0. The van der Waals surface area contributed by atoms with Crippen LogP contribution in [0.2, 0.25) is 0 Å². The summed E-state index contributed by atoms with van der Waals surface area (Å²) in [6.45, 7) is 5.17. The van der Waals surface area contributed by atoms with E-state index in [0.717, 1.165) is 0 Å². The van der Waals surface area contributed by atoms with Gasteiger partial charge in [-0.05, 0) is 11.3 Å². The molecule has 0 aliphatic rings. The second-order valence-electron chi connectivity index (χ2n) is 4.08. The third kappa shape index (κ3) is 17.7. The first-order chi connectivity index (χ1) is 4.68. The fraction of sp³-hybridized carbons (Fsp3) is 0.875. The van der Waals surface area contributed by atoms with Crippen molar-refractivity contribution in [3.8, 4) is 0 Å². The predicted octanol–water partition coefficient (Wildman–Crippen LogP) is -0.869. The Morgan fingerprint density at radius 1 is 1.18 bits per heavy atom. The van der Waals surface area contributed by atoms with Gasteiger partial charge >= 0.3 is 0 Å². The van der Waals surface area contributed by atoms with Gasteiger partial charge in [-0.15, -0.1) is 0 Å². The van der Waals surface area contributed by atoms with Crippen LogP contribution in [0.5, 0.6) is 0 Å². The van der Waals surface area contributed by atoms with E-state index < -0.39 is 11.3 Å². The lowest BCUT2D eigenvalue weighted by molar-refractivity contribution is -0.836. The van der Waals surface area contributed by atoms with Crippen molar-refractivity contribution in [1.82, 2.24) is 0 Å². The SMILES string of the molecule is CC(C)(C)C(=N)[O-].C[NH+](C)C. The Balaban J connectivity index is 0. The van der Waals surface area contributed by atoms with Gasteiger partial charge in [0.05, 0.1) is 21.1 Å². The molecule has 0 aliphatic carbocycles. The topological polar surface area (TPSA) is 51.3 Å². The van der Waals surface area contributed by atoms with Crippen molar-refractivity contribution in [1.29, 1.82) is 5.41 Å². The van der Waals surface area contributed by atoms with Gasteiger partial charge in [-0.2, -0.15) is 0 Å². The summed E-state index contributed by atoms with van der Waals surface area (Å²) in [4.78, 5) is 1.42. The molecule has 0 saturated heterocycles. The van der Waals surface area contributed by atoms with Gasteiger partial charge < -0.3 is 15.4 Å². The van der Waals surface area contributed by atoms with Crippen LogP contribution in [-0.4, -0.2) is 27.0 Å². The Kier molecular flexibility index (Phi) is 6.09. The smallest absolute Gasteiger partial charge is 0.0661 e. The van der Waals surface area contributed by atoms with Crippen LogP contribution in [0, 0.1) is 10.8 Å². The second-order valence-corrected chi connectivity index (χ2v) is 4.08. The molecular weight excluding hydrogens is 140 g/mol. The molecule has 68 valence electrons. The molecule has 0 spiro atoms. The van der Waals surface area contributed by atoms with Crippen LogP contribution in [0.4, 0.5) is 0 Å². The standard InChI is InChI=1S/C5H11NO.C3H9N/c1-5(2,3)4(6)7;1-4(2)3/h1-3H3,(H2,6,7);1-3H3. The monoisotopic (exact) mass is 160 g/mol. The molecule has 3 heteroatoms. The van der Waals surface area contributed by atoms with E-state index in [0.29, 0.717) is 0 Å². The molecule has 0 aromatic carbocycles. The highest BCUT2D eigenvalue weighted by Crippen LogP contribution is 2.09. The number of nitrogens with one attached hydrogen (secondary N) is 2. The molecule has 0 rings (SSSR count). The van der Waals surface area contributed by atoms with Crippen molar-refractivity contribution in [2.75, 3.05) is 21.1 Å². The number of quaternary nitrogens is 1. The third-order valence-electron chi connectivity index (χ3n) is 0.681. The predicted molar refractivity (Wildman–Crippen MR) is 45.9 cm³/mol.